The van der Waals surface area contributed by atoms with Gasteiger partial charge in [0.05, 0.1) is 0 Å². The van der Waals surface area contributed by atoms with Crippen LogP contribution < -0.4 is 10.6 Å². The summed E-state index contributed by atoms with van der Waals surface area (Å²) in [6, 6.07) is 7.77. The van der Waals surface area contributed by atoms with Crippen molar-refractivity contribution < 1.29 is 4.79 Å². The van der Waals surface area contributed by atoms with E-state index in [0.717, 1.165) is 43.1 Å². The highest BCUT2D eigenvalue weighted by Crippen LogP contribution is 2.08. The van der Waals surface area contributed by atoms with Gasteiger partial charge in [0, 0.05) is 38.8 Å². The summed E-state index contributed by atoms with van der Waals surface area (Å²) >= 11 is 0. The van der Waals surface area contributed by atoms with E-state index in [4.69, 9.17) is 0 Å². The van der Waals surface area contributed by atoms with E-state index in [1.807, 2.05) is 43.0 Å². The molecule has 1 amide bonds. The van der Waals surface area contributed by atoms with Crippen molar-refractivity contribution in [2.24, 2.45) is 10.9 Å². The maximum atomic E-state index is 12.3. The van der Waals surface area contributed by atoms with Gasteiger partial charge >= 0.3 is 0 Å². The molecule has 0 aliphatic carbocycles. The minimum absolute atomic E-state index is 0.0886. The number of carbonyl (C=O) groups is 1. The largest absolute Gasteiger partial charge is 0.356 e. The number of guanidine groups is 1. The van der Waals surface area contributed by atoms with Gasteiger partial charge in [0.2, 0.25) is 0 Å². The van der Waals surface area contributed by atoms with Crippen LogP contribution in [0.5, 0.6) is 0 Å². The summed E-state index contributed by atoms with van der Waals surface area (Å²) in [6.45, 7) is 11.5. The van der Waals surface area contributed by atoms with Gasteiger partial charge in [-0.1, -0.05) is 26.0 Å². The fourth-order valence-corrected chi connectivity index (χ4v) is 2.34. The first-order valence-electron chi connectivity index (χ1n) is 8.84. The molecule has 0 unspecified atom stereocenters. The molecular weight excluding hydrogens is 300 g/mol. The standard InChI is InChI=1S/C19H32N4O/c1-6-23(7-2)18(24)17-10-8-16(9-11-17)14-22-19(20-5)21-13-12-15(3)4/h8-11,15H,6-7,12-14H2,1-5H3,(H2,20,21,22). The number of amides is 1. The quantitative estimate of drug-likeness (QED) is 0.568. The number of hydrogen-bond acceptors (Lipinski definition) is 2. The summed E-state index contributed by atoms with van der Waals surface area (Å²) in [7, 11) is 1.77. The lowest BCUT2D eigenvalue weighted by Gasteiger charge is -2.18. The zero-order valence-corrected chi connectivity index (χ0v) is 15.7. The Labute approximate surface area is 146 Å². The summed E-state index contributed by atoms with van der Waals surface area (Å²) in [6.07, 6.45) is 1.11. The van der Waals surface area contributed by atoms with Gasteiger partial charge in [-0.05, 0) is 43.9 Å². The van der Waals surface area contributed by atoms with Crippen molar-refractivity contribution in [1.82, 2.24) is 15.5 Å². The van der Waals surface area contributed by atoms with Crippen molar-refractivity contribution in [3.63, 3.8) is 0 Å². The molecule has 0 saturated heterocycles. The molecule has 0 fully saturated rings. The molecule has 1 rings (SSSR count). The van der Waals surface area contributed by atoms with Gasteiger partial charge in [-0.15, -0.1) is 0 Å². The van der Waals surface area contributed by atoms with E-state index in [1.54, 1.807) is 7.05 Å². The first-order valence-corrected chi connectivity index (χ1v) is 8.84. The lowest BCUT2D eigenvalue weighted by molar-refractivity contribution is 0.0773. The first-order chi connectivity index (χ1) is 11.5. The third-order valence-electron chi connectivity index (χ3n) is 3.95. The molecule has 0 bridgehead atoms. The molecule has 0 atom stereocenters. The molecule has 0 spiro atoms. The van der Waals surface area contributed by atoms with Crippen LogP contribution in [0.1, 0.15) is 50.0 Å². The second kappa shape index (κ2) is 10.7. The number of hydrogen-bond donors (Lipinski definition) is 2. The lowest BCUT2D eigenvalue weighted by atomic mass is 10.1. The Bertz CT molecular complexity index is 519. The predicted octanol–water partition coefficient (Wildman–Crippen LogP) is 2.88. The van der Waals surface area contributed by atoms with Gasteiger partial charge in [0.25, 0.3) is 5.91 Å². The van der Waals surface area contributed by atoms with Crippen LogP contribution in [0.3, 0.4) is 0 Å². The molecule has 0 aliphatic rings. The minimum atomic E-state index is 0.0886. The van der Waals surface area contributed by atoms with Crippen LogP contribution in [0.2, 0.25) is 0 Å². The highest BCUT2D eigenvalue weighted by Gasteiger charge is 2.11. The van der Waals surface area contributed by atoms with E-state index in [1.165, 1.54) is 0 Å². The van der Waals surface area contributed by atoms with E-state index in [2.05, 4.69) is 29.5 Å². The van der Waals surface area contributed by atoms with Crippen molar-refractivity contribution in [2.45, 2.75) is 40.7 Å². The number of rotatable bonds is 8. The molecule has 1 aromatic carbocycles. The van der Waals surface area contributed by atoms with E-state index in [-0.39, 0.29) is 5.91 Å². The molecular formula is C19H32N4O. The van der Waals surface area contributed by atoms with Gasteiger partial charge in [-0.2, -0.15) is 0 Å². The topological polar surface area (TPSA) is 56.7 Å². The summed E-state index contributed by atoms with van der Waals surface area (Å²) in [5.41, 5.74) is 1.86. The van der Waals surface area contributed by atoms with Gasteiger partial charge in [-0.25, -0.2) is 0 Å². The summed E-state index contributed by atoms with van der Waals surface area (Å²) in [5, 5.41) is 6.61. The monoisotopic (exact) mass is 332 g/mol. The Balaban J connectivity index is 2.53. The van der Waals surface area contributed by atoms with E-state index < -0.39 is 0 Å². The van der Waals surface area contributed by atoms with Crippen LogP contribution >= 0.6 is 0 Å². The third-order valence-corrected chi connectivity index (χ3v) is 3.95. The smallest absolute Gasteiger partial charge is 0.253 e. The second-order valence-corrected chi connectivity index (χ2v) is 6.21. The normalized spacial score (nSPS) is 11.5. The molecule has 24 heavy (non-hydrogen) atoms. The Morgan fingerprint density at radius 3 is 2.25 bits per heavy atom. The molecule has 0 saturated carbocycles. The molecule has 2 N–H and O–H groups in total. The summed E-state index contributed by atoms with van der Waals surface area (Å²) in [5.74, 6) is 1.57. The highest BCUT2D eigenvalue weighted by atomic mass is 16.2. The Morgan fingerprint density at radius 2 is 1.75 bits per heavy atom. The molecule has 1 aromatic rings. The number of benzene rings is 1. The third kappa shape index (κ3) is 6.60. The molecule has 0 aliphatic heterocycles. The van der Waals surface area contributed by atoms with Gasteiger partial charge in [0.15, 0.2) is 5.96 Å². The Kier molecular flexibility index (Phi) is 8.90. The molecule has 134 valence electrons. The van der Waals surface area contributed by atoms with Crippen molar-refractivity contribution in [3.05, 3.63) is 35.4 Å². The van der Waals surface area contributed by atoms with Gasteiger partial charge in [-0.3, -0.25) is 9.79 Å². The number of nitrogens with zero attached hydrogens (tertiary/aromatic N) is 2. The minimum Gasteiger partial charge on any atom is -0.356 e. The second-order valence-electron chi connectivity index (χ2n) is 6.21. The van der Waals surface area contributed by atoms with Crippen LogP contribution in [-0.2, 0) is 6.54 Å². The first kappa shape index (κ1) is 20.0. The van der Waals surface area contributed by atoms with E-state index >= 15 is 0 Å². The molecule has 5 heteroatoms. The maximum Gasteiger partial charge on any atom is 0.253 e. The zero-order valence-electron chi connectivity index (χ0n) is 15.7. The number of carbonyl (C=O) groups excluding carboxylic acids is 1. The van der Waals surface area contributed by atoms with Gasteiger partial charge in [0.1, 0.15) is 0 Å². The van der Waals surface area contributed by atoms with Crippen LogP contribution in [-0.4, -0.2) is 43.4 Å². The highest BCUT2D eigenvalue weighted by molar-refractivity contribution is 5.94. The maximum absolute atomic E-state index is 12.3. The average Bonchev–Trinajstić information content (AvgIpc) is 2.59. The molecule has 0 aromatic heterocycles. The average molecular weight is 332 g/mol. The molecule has 5 nitrogen and oxygen atoms in total. The van der Waals surface area contributed by atoms with Crippen molar-refractivity contribution in [2.75, 3.05) is 26.7 Å². The zero-order chi connectivity index (χ0) is 17.9. The SMILES string of the molecule is CCN(CC)C(=O)c1ccc(CNC(=NC)NCCC(C)C)cc1. The van der Waals surface area contributed by atoms with Crippen molar-refractivity contribution >= 4 is 11.9 Å². The van der Waals surface area contributed by atoms with Gasteiger partial charge < -0.3 is 15.5 Å². The van der Waals surface area contributed by atoms with Crippen LogP contribution in [0.4, 0.5) is 0 Å². The van der Waals surface area contributed by atoms with E-state index in [9.17, 15) is 4.79 Å². The van der Waals surface area contributed by atoms with Crippen LogP contribution in [0, 0.1) is 5.92 Å². The van der Waals surface area contributed by atoms with Crippen LogP contribution in [0.25, 0.3) is 0 Å². The van der Waals surface area contributed by atoms with E-state index in [0.29, 0.717) is 12.5 Å². The number of aliphatic imine (C=N–C) groups is 1. The van der Waals surface area contributed by atoms with Crippen LogP contribution in [0.15, 0.2) is 29.3 Å². The summed E-state index contributed by atoms with van der Waals surface area (Å²) < 4.78 is 0. The fourth-order valence-electron chi connectivity index (χ4n) is 2.34. The lowest BCUT2D eigenvalue weighted by Crippen LogP contribution is -2.37. The van der Waals surface area contributed by atoms with Crippen molar-refractivity contribution in [1.29, 1.82) is 0 Å². The molecule has 0 radical (unpaired) electrons. The Hall–Kier alpha value is -2.04. The predicted molar refractivity (Wildman–Crippen MR) is 101 cm³/mol. The molecule has 0 heterocycles. The Morgan fingerprint density at radius 1 is 1.12 bits per heavy atom. The van der Waals surface area contributed by atoms with Crippen molar-refractivity contribution in [3.8, 4) is 0 Å². The summed E-state index contributed by atoms with van der Waals surface area (Å²) in [4.78, 5) is 18.3. The number of nitrogens with one attached hydrogen (secondary N) is 2. The fraction of sp³-hybridized carbons (Fsp3) is 0.579.